The van der Waals surface area contributed by atoms with E-state index in [0.29, 0.717) is 10.4 Å². The molecule has 13 heavy (non-hydrogen) atoms. The van der Waals surface area contributed by atoms with E-state index < -0.39 is 5.97 Å². The first-order valence-electron chi connectivity index (χ1n) is 3.57. The molecule has 0 aromatic carbocycles. The van der Waals surface area contributed by atoms with E-state index in [-0.39, 0.29) is 6.61 Å². The first-order chi connectivity index (χ1) is 6.11. The fourth-order valence-corrected chi connectivity index (χ4v) is 1.10. The Morgan fingerprint density at radius 1 is 1.77 bits per heavy atom. The van der Waals surface area contributed by atoms with Crippen molar-refractivity contribution in [3.63, 3.8) is 0 Å². The zero-order valence-corrected chi connectivity index (χ0v) is 8.54. The molecule has 0 spiro atoms. The first kappa shape index (κ1) is 9.98. The average Bonchev–Trinajstić information content (AvgIpc) is 2.07. The molecule has 1 aromatic rings. The summed E-state index contributed by atoms with van der Waals surface area (Å²) in [6.07, 6.45) is 1.57. The van der Waals surface area contributed by atoms with Gasteiger partial charge in [0.1, 0.15) is 0 Å². The lowest BCUT2D eigenvalue weighted by Gasteiger charge is -2.05. The molecule has 0 saturated carbocycles. The van der Waals surface area contributed by atoms with Gasteiger partial charge in [0.25, 0.3) is 0 Å². The Bertz CT molecular complexity index is 327. The molecule has 0 aliphatic carbocycles. The van der Waals surface area contributed by atoms with Crippen molar-refractivity contribution in [2.75, 3.05) is 6.61 Å². The smallest absolute Gasteiger partial charge is 0.341 e. The summed E-state index contributed by atoms with van der Waals surface area (Å²) in [7, 11) is 0. The number of aromatic nitrogens is 1. The van der Waals surface area contributed by atoms with Crippen molar-refractivity contribution in [2.45, 2.75) is 6.92 Å². The number of nitrogens with zero attached hydrogens (tertiary/aromatic N) is 1. The summed E-state index contributed by atoms with van der Waals surface area (Å²) in [5.41, 5.74) is 0.954. The zero-order chi connectivity index (χ0) is 9.84. The molecule has 0 radical (unpaired) electrons. The van der Waals surface area contributed by atoms with Crippen LogP contribution in [0.5, 0.6) is 5.88 Å². The Morgan fingerprint density at radius 3 is 3.08 bits per heavy atom. The Morgan fingerprint density at radius 2 is 2.46 bits per heavy atom. The van der Waals surface area contributed by atoms with Crippen LogP contribution in [0.15, 0.2) is 16.7 Å². The Hall–Kier alpha value is -1.10. The standard InChI is InChI=1S/C8H8BrNO3/c1-5-2-3-10-8(7(5)9)13-4-6(11)12/h2-3H,4H2,1H3,(H,11,12). The van der Waals surface area contributed by atoms with Crippen LogP contribution in [0.2, 0.25) is 0 Å². The number of rotatable bonds is 3. The summed E-state index contributed by atoms with van der Waals surface area (Å²) in [4.78, 5) is 14.1. The van der Waals surface area contributed by atoms with Crippen LogP contribution in [-0.2, 0) is 4.79 Å². The Labute approximate surface area is 83.7 Å². The maximum Gasteiger partial charge on any atom is 0.341 e. The van der Waals surface area contributed by atoms with Gasteiger partial charge in [-0.05, 0) is 34.5 Å². The predicted molar refractivity (Wildman–Crippen MR) is 49.8 cm³/mol. The van der Waals surface area contributed by atoms with E-state index >= 15 is 0 Å². The molecule has 1 heterocycles. The van der Waals surface area contributed by atoms with Gasteiger partial charge in [-0.25, -0.2) is 9.78 Å². The number of carboxylic acid groups (broad SMARTS) is 1. The summed E-state index contributed by atoms with van der Waals surface area (Å²) in [5, 5.41) is 8.37. The quantitative estimate of drug-likeness (QED) is 0.880. The molecular formula is C8H8BrNO3. The maximum atomic E-state index is 10.2. The minimum atomic E-state index is -1.02. The van der Waals surface area contributed by atoms with Crippen LogP contribution in [0.25, 0.3) is 0 Å². The predicted octanol–water partition coefficient (Wildman–Crippen LogP) is 1.62. The van der Waals surface area contributed by atoms with E-state index in [1.165, 1.54) is 0 Å². The number of hydrogen-bond acceptors (Lipinski definition) is 3. The van der Waals surface area contributed by atoms with Crippen molar-refractivity contribution in [3.05, 3.63) is 22.3 Å². The van der Waals surface area contributed by atoms with Crippen molar-refractivity contribution < 1.29 is 14.6 Å². The molecule has 1 rings (SSSR count). The number of carboxylic acids is 1. The van der Waals surface area contributed by atoms with Gasteiger partial charge in [0.15, 0.2) is 6.61 Å². The average molecular weight is 246 g/mol. The lowest BCUT2D eigenvalue weighted by molar-refractivity contribution is -0.139. The van der Waals surface area contributed by atoms with Gasteiger partial charge in [-0.3, -0.25) is 0 Å². The lowest BCUT2D eigenvalue weighted by atomic mass is 10.3. The first-order valence-corrected chi connectivity index (χ1v) is 4.36. The molecule has 0 aliphatic rings. The molecular weight excluding hydrogens is 238 g/mol. The summed E-state index contributed by atoms with van der Waals surface area (Å²) in [6.45, 7) is 1.49. The van der Waals surface area contributed by atoms with Crippen LogP contribution in [0.1, 0.15) is 5.56 Å². The van der Waals surface area contributed by atoms with Gasteiger partial charge in [-0.2, -0.15) is 0 Å². The normalized spacial score (nSPS) is 9.69. The van der Waals surface area contributed by atoms with E-state index in [2.05, 4.69) is 20.9 Å². The van der Waals surface area contributed by atoms with Crippen LogP contribution < -0.4 is 4.74 Å². The number of halogens is 1. The van der Waals surface area contributed by atoms with Gasteiger partial charge in [0, 0.05) is 6.20 Å². The molecule has 4 nitrogen and oxygen atoms in total. The van der Waals surface area contributed by atoms with E-state index in [1.807, 2.05) is 6.92 Å². The molecule has 0 atom stereocenters. The highest BCUT2D eigenvalue weighted by Gasteiger charge is 2.06. The topological polar surface area (TPSA) is 59.4 Å². The van der Waals surface area contributed by atoms with Gasteiger partial charge < -0.3 is 9.84 Å². The second-order valence-corrected chi connectivity index (χ2v) is 3.22. The zero-order valence-electron chi connectivity index (χ0n) is 6.95. The summed E-state index contributed by atoms with van der Waals surface area (Å²) in [6, 6.07) is 1.80. The molecule has 0 saturated heterocycles. The molecule has 0 amide bonds. The minimum absolute atomic E-state index is 0.308. The van der Waals surface area contributed by atoms with Gasteiger partial charge in [0.2, 0.25) is 5.88 Å². The largest absolute Gasteiger partial charge is 0.479 e. The third kappa shape index (κ3) is 2.69. The number of aryl methyl sites for hydroxylation is 1. The summed E-state index contributed by atoms with van der Waals surface area (Å²) >= 11 is 3.25. The van der Waals surface area contributed by atoms with E-state index in [9.17, 15) is 4.79 Å². The monoisotopic (exact) mass is 245 g/mol. The lowest BCUT2D eigenvalue weighted by Crippen LogP contribution is -2.10. The third-order valence-corrected chi connectivity index (χ3v) is 2.35. The van der Waals surface area contributed by atoms with E-state index in [4.69, 9.17) is 9.84 Å². The number of hydrogen-bond donors (Lipinski definition) is 1. The van der Waals surface area contributed by atoms with Gasteiger partial charge in [-0.15, -0.1) is 0 Å². The fourth-order valence-electron chi connectivity index (χ4n) is 0.746. The molecule has 0 aliphatic heterocycles. The summed E-state index contributed by atoms with van der Waals surface area (Å²) in [5.74, 6) is -0.711. The SMILES string of the molecule is Cc1ccnc(OCC(=O)O)c1Br. The molecule has 0 fully saturated rings. The number of pyridine rings is 1. The van der Waals surface area contributed by atoms with Crippen LogP contribution in [-0.4, -0.2) is 22.7 Å². The van der Waals surface area contributed by atoms with Gasteiger partial charge in [-0.1, -0.05) is 0 Å². The number of carbonyl (C=O) groups is 1. The van der Waals surface area contributed by atoms with Crippen molar-refractivity contribution in [1.82, 2.24) is 4.98 Å². The van der Waals surface area contributed by atoms with E-state index in [1.54, 1.807) is 12.3 Å². The van der Waals surface area contributed by atoms with Crippen LogP contribution in [0.3, 0.4) is 0 Å². The van der Waals surface area contributed by atoms with Crippen molar-refractivity contribution >= 4 is 21.9 Å². The highest BCUT2D eigenvalue weighted by Crippen LogP contribution is 2.24. The van der Waals surface area contributed by atoms with Crippen molar-refractivity contribution in [1.29, 1.82) is 0 Å². The van der Waals surface area contributed by atoms with Crippen LogP contribution in [0.4, 0.5) is 0 Å². The Kier molecular flexibility index (Phi) is 3.25. The van der Waals surface area contributed by atoms with Crippen molar-refractivity contribution in [3.8, 4) is 5.88 Å². The minimum Gasteiger partial charge on any atom is -0.479 e. The fraction of sp³-hybridized carbons (Fsp3) is 0.250. The Balaban J connectivity index is 2.77. The highest BCUT2D eigenvalue weighted by molar-refractivity contribution is 9.10. The molecule has 1 N–H and O–H groups in total. The van der Waals surface area contributed by atoms with Crippen LogP contribution in [0, 0.1) is 6.92 Å². The molecule has 1 aromatic heterocycles. The molecule has 0 bridgehead atoms. The summed E-state index contributed by atoms with van der Waals surface area (Å²) < 4.78 is 5.61. The van der Waals surface area contributed by atoms with Crippen molar-refractivity contribution in [2.24, 2.45) is 0 Å². The van der Waals surface area contributed by atoms with Crippen LogP contribution >= 0.6 is 15.9 Å². The molecule has 70 valence electrons. The number of ether oxygens (including phenoxy) is 1. The maximum absolute atomic E-state index is 10.2. The molecule has 0 unspecified atom stereocenters. The van der Waals surface area contributed by atoms with Gasteiger partial charge in [0.05, 0.1) is 4.47 Å². The third-order valence-electron chi connectivity index (χ3n) is 1.38. The second-order valence-electron chi connectivity index (χ2n) is 2.43. The van der Waals surface area contributed by atoms with Gasteiger partial charge >= 0.3 is 5.97 Å². The highest BCUT2D eigenvalue weighted by atomic mass is 79.9. The molecule has 5 heteroatoms. The number of aliphatic carboxylic acids is 1. The second kappa shape index (κ2) is 4.23. The van der Waals surface area contributed by atoms with E-state index in [0.717, 1.165) is 5.56 Å².